The van der Waals surface area contributed by atoms with Gasteiger partial charge in [-0.05, 0) is 32.8 Å². The van der Waals surface area contributed by atoms with Crippen molar-refractivity contribution in [1.82, 2.24) is 15.3 Å². The Bertz CT molecular complexity index is 902. The van der Waals surface area contributed by atoms with Crippen molar-refractivity contribution >= 4 is 5.91 Å². The molecule has 0 radical (unpaired) electrons. The van der Waals surface area contributed by atoms with Crippen molar-refractivity contribution in [3.8, 4) is 0 Å². The third kappa shape index (κ3) is 3.38. The summed E-state index contributed by atoms with van der Waals surface area (Å²) in [5, 5.41) is 2.83. The van der Waals surface area contributed by atoms with Crippen molar-refractivity contribution in [3.63, 3.8) is 0 Å². The number of nitrogens with one attached hydrogen (secondary N) is 2. The van der Waals surface area contributed by atoms with E-state index in [0.717, 1.165) is 25.3 Å². The Labute approximate surface area is 149 Å². The number of aromatic nitrogens is 2. The molecule has 0 spiro atoms. The van der Waals surface area contributed by atoms with Crippen LogP contribution < -0.4 is 10.9 Å². The number of aromatic amines is 1. The number of amides is 1. The minimum absolute atomic E-state index is 0.243. The van der Waals surface area contributed by atoms with Gasteiger partial charge in [0.05, 0.1) is 11.2 Å². The van der Waals surface area contributed by atoms with E-state index >= 15 is 0 Å². The lowest BCUT2D eigenvalue weighted by Crippen LogP contribution is -2.49. The fourth-order valence-electron chi connectivity index (χ4n) is 3.55. The molecule has 1 aliphatic carbocycles. The van der Waals surface area contributed by atoms with E-state index in [1.54, 1.807) is 13.8 Å². The highest BCUT2D eigenvalue weighted by Crippen LogP contribution is 2.38. The summed E-state index contributed by atoms with van der Waals surface area (Å²) in [6.45, 7) is 3.39. The third-order valence-corrected chi connectivity index (χ3v) is 5.06. The van der Waals surface area contributed by atoms with Gasteiger partial charge < -0.3 is 10.3 Å². The van der Waals surface area contributed by atoms with Gasteiger partial charge in [-0.2, -0.15) is 0 Å². The molecule has 2 aromatic rings. The predicted molar refractivity (Wildman–Crippen MR) is 92.9 cm³/mol. The van der Waals surface area contributed by atoms with Crippen molar-refractivity contribution in [2.75, 3.05) is 0 Å². The number of carbonyl (C=O) groups excluding carboxylic acids is 1. The molecular weight excluding hydrogens is 340 g/mol. The largest absolute Gasteiger partial charge is 0.341 e. The van der Waals surface area contributed by atoms with Crippen LogP contribution in [-0.4, -0.2) is 15.9 Å². The van der Waals surface area contributed by atoms with Gasteiger partial charge in [-0.15, -0.1) is 0 Å². The summed E-state index contributed by atoms with van der Waals surface area (Å²) >= 11 is 0. The number of nitrogens with zero attached hydrogens (tertiary/aromatic N) is 1. The van der Waals surface area contributed by atoms with E-state index < -0.39 is 28.6 Å². The zero-order chi connectivity index (χ0) is 18.9. The second-order valence-electron chi connectivity index (χ2n) is 6.85. The van der Waals surface area contributed by atoms with E-state index in [1.165, 1.54) is 12.1 Å². The van der Waals surface area contributed by atoms with Crippen molar-refractivity contribution < 1.29 is 13.6 Å². The van der Waals surface area contributed by atoms with Crippen LogP contribution in [0.5, 0.6) is 0 Å². The number of aryl methyl sites for hydroxylation is 2. The minimum atomic E-state index is -0.972. The fraction of sp³-hybridized carbons (Fsp3) is 0.421. The molecule has 1 aliphatic rings. The minimum Gasteiger partial charge on any atom is -0.341 e. The molecule has 5 nitrogen and oxygen atoms in total. The first-order valence-corrected chi connectivity index (χ1v) is 8.68. The van der Waals surface area contributed by atoms with Crippen LogP contribution in [-0.2, 0) is 5.54 Å². The number of H-pyrrole nitrogens is 1. The molecule has 1 saturated carbocycles. The van der Waals surface area contributed by atoms with Gasteiger partial charge in [0, 0.05) is 17.3 Å². The molecule has 0 bridgehead atoms. The summed E-state index contributed by atoms with van der Waals surface area (Å²) in [5.74, 6) is -2.02. The van der Waals surface area contributed by atoms with Gasteiger partial charge in [0.2, 0.25) is 0 Å². The molecule has 0 aliphatic heterocycles. The maximum absolute atomic E-state index is 14.5. The Morgan fingerprint density at radius 2 is 1.88 bits per heavy atom. The van der Waals surface area contributed by atoms with Gasteiger partial charge in [-0.1, -0.05) is 25.3 Å². The standard InChI is InChI=1S/C19H21F2N3O2/c1-11-12(2)23-17(25)16(22-11)18(26)24-19(8-4-3-5-9-19)14-7-6-13(20)10-15(14)21/h6-7,10H,3-5,8-9H2,1-2H3,(H,23,25)(H,24,26). The van der Waals surface area contributed by atoms with Crippen LogP contribution in [0.25, 0.3) is 0 Å². The van der Waals surface area contributed by atoms with E-state index in [-0.39, 0.29) is 11.3 Å². The van der Waals surface area contributed by atoms with Crippen LogP contribution in [0.2, 0.25) is 0 Å². The summed E-state index contributed by atoms with van der Waals surface area (Å²) in [7, 11) is 0. The predicted octanol–water partition coefficient (Wildman–Crippen LogP) is 3.25. The summed E-state index contributed by atoms with van der Waals surface area (Å²) in [4.78, 5) is 31.6. The topological polar surface area (TPSA) is 74.8 Å². The quantitative estimate of drug-likeness (QED) is 0.881. The molecular formula is C19H21F2N3O2. The fourth-order valence-corrected chi connectivity index (χ4v) is 3.55. The van der Waals surface area contributed by atoms with Gasteiger partial charge in [-0.3, -0.25) is 9.59 Å². The van der Waals surface area contributed by atoms with E-state index in [0.29, 0.717) is 24.2 Å². The Morgan fingerprint density at radius 3 is 2.54 bits per heavy atom. The Kier molecular flexibility index (Phi) is 4.89. The maximum atomic E-state index is 14.5. The van der Waals surface area contributed by atoms with Crippen molar-refractivity contribution in [1.29, 1.82) is 0 Å². The average Bonchev–Trinajstić information content (AvgIpc) is 2.58. The molecule has 0 saturated heterocycles. The summed E-state index contributed by atoms with van der Waals surface area (Å²) in [6, 6.07) is 3.37. The summed E-state index contributed by atoms with van der Waals surface area (Å²) in [6.07, 6.45) is 3.61. The molecule has 7 heteroatoms. The second kappa shape index (κ2) is 6.97. The Morgan fingerprint density at radius 1 is 1.19 bits per heavy atom. The average molecular weight is 361 g/mol. The normalized spacial score (nSPS) is 16.3. The van der Waals surface area contributed by atoms with Gasteiger partial charge in [-0.25, -0.2) is 13.8 Å². The van der Waals surface area contributed by atoms with Crippen molar-refractivity contribution in [2.24, 2.45) is 0 Å². The van der Waals surface area contributed by atoms with Gasteiger partial charge in [0.25, 0.3) is 11.5 Å². The molecule has 2 N–H and O–H groups in total. The zero-order valence-electron chi connectivity index (χ0n) is 14.8. The first-order chi connectivity index (χ1) is 12.3. The summed E-state index contributed by atoms with van der Waals surface area (Å²) < 4.78 is 27.8. The van der Waals surface area contributed by atoms with E-state index in [9.17, 15) is 18.4 Å². The lowest BCUT2D eigenvalue weighted by molar-refractivity contribution is 0.0856. The van der Waals surface area contributed by atoms with Crippen LogP contribution >= 0.6 is 0 Å². The van der Waals surface area contributed by atoms with E-state index in [4.69, 9.17) is 0 Å². The smallest absolute Gasteiger partial charge is 0.279 e. The molecule has 0 unspecified atom stereocenters. The molecule has 26 heavy (non-hydrogen) atoms. The second-order valence-corrected chi connectivity index (χ2v) is 6.85. The van der Waals surface area contributed by atoms with E-state index in [1.807, 2.05) is 0 Å². The number of hydrogen-bond donors (Lipinski definition) is 2. The lowest BCUT2D eigenvalue weighted by Gasteiger charge is -2.38. The maximum Gasteiger partial charge on any atom is 0.279 e. The van der Waals surface area contributed by atoms with Crippen LogP contribution in [0, 0.1) is 25.5 Å². The molecule has 1 amide bonds. The van der Waals surface area contributed by atoms with E-state index in [2.05, 4.69) is 15.3 Å². The monoisotopic (exact) mass is 361 g/mol. The molecule has 0 atom stereocenters. The highest BCUT2D eigenvalue weighted by atomic mass is 19.1. The van der Waals surface area contributed by atoms with Gasteiger partial charge in [0.1, 0.15) is 11.6 Å². The number of halogens is 2. The summed E-state index contributed by atoms with van der Waals surface area (Å²) in [5.41, 5.74) is -0.437. The molecule has 3 rings (SSSR count). The highest BCUT2D eigenvalue weighted by Gasteiger charge is 2.38. The van der Waals surface area contributed by atoms with Crippen LogP contribution in [0.15, 0.2) is 23.0 Å². The molecule has 138 valence electrons. The number of hydrogen-bond acceptors (Lipinski definition) is 3. The number of benzene rings is 1. The van der Waals surface area contributed by atoms with Gasteiger partial charge >= 0.3 is 0 Å². The number of carbonyl (C=O) groups is 1. The molecule has 1 heterocycles. The SMILES string of the molecule is Cc1nc(C(=O)NC2(c3ccc(F)cc3F)CCCCC2)c(=O)[nH]c1C. The lowest BCUT2D eigenvalue weighted by atomic mass is 9.76. The highest BCUT2D eigenvalue weighted by molar-refractivity contribution is 5.92. The van der Waals surface area contributed by atoms with Crippen molar-refractivity contribution in [3.05, 3.63) is 62.8 Å². The van der Waals surface area contributed by atoms with Crippen LogP contribution in [0.4, 0.5) is 8.78 Å². The number of rotatable bonds is 3. The molecule has 1 fully saturated rings. The van der Waals surface area contributed by atoms with Gasteiger partial charge in [0.15, 0.2) is 5.69 Å². The van der Waals surface area contributed by atoms with Crippen LogP contribution in [0.3, 0.4) is 0 Å². The first-order valence-electron chi connectivity index (χ1n) is 8.68. The molecule has 1 aromatic heterocycles. The Hall–Kier alpha value is -2.57. The third-order valence-electron chi connectivity index (χ3n) is 5.06. The van der Waals surface area contributed by atoms with Crippen molar-refractivity contribution in [2.45, 2.75) is 51.5 Å². The Balaban J connectivity index is 2.01. The first kappa shape index (κ1) is 18.2. The van der Waals surface area contributed by atoms with Crippen LogP contribution in [0.1, 0.15) is 59.5 Å². The molecule has 1 aromatic carbocycles. The zero-order valence-corrected chi connectivity index (χ0v) is 14.8.